The summed E-state index contributed by atoms with van der Waals surface area (Å²) in [5, 5.41) is 4.90. The minimum atomic E-state index is -0.305. The van der Waals surface area contributed by atoms with Crippen molar-refractivity contribution in [3.63, 3.8) is 0 Å². The first-order valence-corrected chi connectivity index (χ1v) is 9.97. The predicted octanol–water partition coefficient (Wildman–Crippen LogP) is 2.92. The van der Waals surface area contributed by atoms with E-state index >= 15 is 0 Å². The van der Waals surface area contributed by atoms with Gasteiger partial charge >= 0.3 is 6.09 Å². The first kappa shape index (κ1) is 17.2. The lowest BCUT2D eigenvalue weighted by molar-refractivity contribution is 0.0880. The number of rotatable bonds is 4. The van der Waals surface area contributed by atoms with Gasteiger partial charge in [-0.25, -0.2) is 19.7 Å². The molecule has 3 aromatic rings. The van der Waals surface area contributed by atoms with E-state index in [1.165, 1.54) is 12.8 Å². The number of amides is 1. The Morgan fingerprint density at radius 1 is 1.36 bits per heavy atom. The van der Waals surface area contributed by atoms with Crippen molar-refractivity contribution in [2.75, 3.05) is 24.5 Å². The fourth-order valence-corrected chi connectivity index (χ4v) is 3.93. The first-order chi connectivity index (χ1) is 13.7. The maximum Gasteiger partial charge on any atom is 0.407 e. The summed E-state index contributed by atoms with van der Waals surface area (Å²) >= 11 is 0. The van der Waals surface area contributed by atoms with Gasteiger partial charge in [-0.3, -0.25) is 0 Å². The Morgan fingerprint density at radius 2 is 2.25 bits per heavy atom. The number of alkyl carbamates (subject to hydrolysis) is 1. The van der Waals surface area contributed by atoms with E-state index in [4.69, 9.17) is 9.72 Å². The molecule has 1 atom stereocenters. The molecule has 2 fully saturated rings. The number of anilines is 1. The lowest BCUT2D eigenvalue weighted by Gasteiger charge is -2.34. The van der Waals surface area contributed by atoms with Gasteiger partial charge in [0.15, 0.2) is 5.65 Å². The summed E-state index contributed by atoms with van der Waals surface area (Å²) < 4.78 is 5.68. The van der Waals surface area contributed by atoms with Crippen LogP contribution in [-0.4, -0.2) is 51.8 Å². The van der Waals surface area contributed by atoms with E-state index in [2.05, 4.69) is 25.2 Å². The number of ether oxygens (including phenoxy) is 1. The number of aromatic nitrogens is 4. The summed E-state index contributed by atoms with van der Waals surface area (Å²) in [5.41, 5.74) is 1.66. The maximum atomic E-state index is 12.1. The standard InChI is InChI=1S/C20H24N6O2/c1-12-24-16-10-22-18-15(6-7-21-18)17(16)19(25-12)26-8-2-3-14(11-26)28-20(27)23-9-13-4-5-13/h6-7,10,13-14H,2-5,8-9,11H2,1H3,(H,23,27)(H,24,25). The zero-order valence-electron chi connectivity index (χ0n) is 15.9. The van der Waals surface area contributed by atoms with Crippen LogP contribution in [0.15, 0.2) is 18.5 Å². The molecule has 1 unspecified atom stereocenters. The molecule has 1 saturated carbocycles. The summed E-state index contributed by atoms with van der Waals surface area (Å²) in [6, 6.07) is 1.97. The summed E-state index contributed by atoms with van der Waals surface area (Å²) in [5.74, 6) is 2.37. The molecule has 0 bridgehead atoms. The van der Waals surface area contributed by atoms with Crippen molar-refractivity contribution in [3.05, 3.63) is 24.3 Å². The van der Waals surface area contributed by atoms with Crippen molar-refractivity contribution in [1.82, 2.24) is 25.3 Å². The number of pyridine rings is 1. The largest absolute Gasteiger partial charge is 0.444 e. The van der Waals surface area contributed by atoms with Gasteiger partial charge in [-0.05, 0) is 44.6 Å². The second kappa shape index (κ2) is 6.92. The molecule has 2 aliphatic rings. The highest BCUT2D eigenvalue weighted by Crippen LogP contribution is 2.32. The zero-order chi connectivity index (χ0) is 19.1. The second-order valence-electron chi connectivity index (χ2n) is 7.81. The van der Waals surface area contributed by atoms with E-state index in [0.29, 0.717) is 12.5 Å². The highest BCUT2D eigenvalue weighted by atomic mass is 16.6. The van der Waals surface area contributed by atoms with Crippen LogP contribution in [0.5, 0.6) is 0 Å². The van der Waals surface area contributed by atoms with Gasteiger partial charge in [-0.2, -0.15) is 0 Å². The number of hydrogen-bond acceptors (Lipinski definition) is 6. The molecule has 1 amide bonds. The summed E-state index contributed by atoms with van der Waals surface area (Å²) in [4.78, 5) is 31.2. The molecule has 3 aromatic heterocycles. The molecule has 4 heterocycles. The third-order valence-electron chi connectivity index (χ3n) is 5.53. The van der Waals surface area contributed by atoms with Gasteiger partial charge < -0.3 is 19.9 Å². The van der Waals surface area contributed by atoms with E-state index in [0.717, 1.165) is 59.5 Å². The van der Waals surface area contributed by atoms with Crippen LogP contribution in [0.3, 0.4) is 0 Å². The Morgan fingerprint density at radius 3 is 3.11 bits per heavy atom. The van der Waals surface area contributed by atoms with Crippen molar-refractivity contribution < 1.29 is 9.53 Å². The Hall–Kier alpha value is -2.90. The van der Waals surface area contributed by atoms with Gasteiger partial charge in [0.05, 0.1) is 23.6 Å². The van der Waals surface area contributed by atoms with E-state index in [9.17, 15) is 4.79 Å². The van der Waals surface area contributed by atoms with Crippen molar-refractivity contribution in [2.24, 2.45) is 5.92 Å². The zero-order valence-corrected chi connectivity index (χ0v) is 15.9. The molecule has 0 radical (unpaired) electrons. The van der Waals surface area contributed by atoms with Crippen molar-refractivity contribution in [1.29, 1.82) is 0 Å². The minimum absolute atomic E-state index is 0.135. The van der Waals surface area contributed by atoms with Gasteiger partial charge in [0.2, 0.25) is 0 Å². The number of hydrogen-bond donors (Lipinski definition) is 2. The molecule has 1 saturated heterocycles. The van der Waals surface area contributed by atoms with Crippen LogP contribution in [-0.2, 0) is 4.74 Å². The molecule has 8 heteroatoms. The fraction of sp³-hybridized carbons (Fsp3) is 0.500. The molecule has 146 valence electrons. The molecule has 2 N–H and O–H groups in total. The average molecular weight is 380 g/mol. The van der Waals surface area contributed by atoms with Crippen LogP contribution in [0, 0.1) is 12.8 Å². The molecule has 5 rings (SSSR count). The maximum absolute atomic E-state index is 12.1. The van der Waals surface area contributed by atoms with E-state index in [-0.39, 0.29) is 12.2 Å². The molecule has 8 nitrogen and oxygen atoms in total. The predicted molar refractivity (Wildman–Crippen MR) is 106 cm³/mol. The first-order valence-electron chi connectivity index (χ1n) is 9.97. The summed E-state index contributed by atoms with van der Waals surface area (Å²) in [7, 11) is 0. The van der Waals surface area contributed by atoms with Crippen molar-refractivity contribution >= 4 is 33.8 Å². The molecule has 0 spiro atoms. The molecular formula is C20H24N6O2. The van der Waals surface area contributed by atoms with Crippen molar-refractivity contribution in [2.45, 2.75) is 38.7 Å². The lowest BCUT2D eigenvalue weighted by atomic mass is 10.1. The molecular weight excluding hydrogens is 356 g/mol. The number of fused-ring (bicyclic) bond motifs is 3. The van der Waals surface area contributed by atoms with Gasteiger partial charge in [-0.1, -0.05) is 0 Å². The van der Waals surface area contributed by atoms with E-state index < -0.39 is 0 Å². The van der Waals surface area contributed by atoms with Crippen LogP contribution in [0.25, 0.3) is 21.9 Å². The Labute approximate surface area is 162 Å². The smallest absolute Gasteiger partial charge is 0.407 e. The number of carbonyl (C=O) groups is 1. The monoisotopic (exact) mass is 380 g/mol. The second-order valence-corrected chi connectivity index (χ2v) is 7.81. The molecule has 0 aromatic carbocycles. The van der Waals surface area contributed by atoms with Crippen LogP contribution < -0.4 is 10.2 Å². The van der Waals surface area contributed by atoms with E-state index in [1.54, 1.807) is 6.20 Å². The van der Waals surface area contributed by atoms with Crippen LogP contribution in [0.4, 0.5) is 10.6 Å². The molecule has 1 aliphatic carbocycles. The third kappa shape index (κ3) is 3.34. The topological polar surface area (TPSA) is 96.0 Å². The molecule has 28 heavy (non-hydrogen) atoms. The van der Waals surface area contributed by atoms with Crippen LogP contribution in [0.2, 0.25) is 0 Å². The average Bonchev–Trinajstić information content (AvgIpc) is 3.40. The number of carbonyl (C=O) groups excluding carboxylic acids is 1. The fourth-order valence-electron chi connectivity index (χ4n) is 3.93. The quantitative estimate of drug-likeness (QED) is 0.722. The Bertz CT molecular complexity index is 1030. The van der Waals surface area contributed by atoms with Crippen LogP contribution >= 0.6 is 0 Å². The SMILES string of the molecule is Cc1nc(N2CCCC(OC(=O)NCC3CC3)C2)c2c(cnc3nccc32)[nH]1. The number of nitrogens with zero attached hydrogens (tertiary/aromatic N) is 4. The van der Waals surface area contributed by atoms with Crippen LogP contribution in [0.1, 0.15) is 31.5 Å². The highest BCUT2D eigenvalue weighted by molar-refractivity contribution is 6.09. The van der Waals surface area contributed by atoms with Gasteiger partial charge in [0.25, 0.3) is 0 Å². The Balaban J connectivity index is 1.41. The number of piperidine rings is 1. The number of H-pyrrole nitrogens is 1. The highest BCUT2D eigenvalue weighted by Gasteiger charge is 2.27. The lowest BCUT2D eigenvalue weighted by Crippen LogP contribution is -2.43. The van der Waals surface area contributed by atoms with Crippen molar-refractivity contribution in [3.8, 4) is 0 Å². The van der Waals surface area contributed by atoms with Gasteiger partial charge in [0, 0.05) is 24.7 Å². The third-order valence-corrected chi connectivity index (χ3v) is 5.53. The Kier molecular flexibility index (Phi) is 4.26. The van der Waals surface area contributed by atoms with Gasteiger partial charge in [-0.15, -0.1) is 0 Å². The minimum Gasteiger partial charge on any atom is -0.444 e. The van der Waals surface area contributed by atoms with Gasteiger partial charge in [0.1, 0.15) is 17.7 Å². The number of aromatic amines is 1. The number of nitrogens with one attached hydrogen (secondary N) is 2. The number of aryl methyl sites for hydroxylation is 1. The molecule has 1 aliphatic heterocycles. The normalized spacial score (nSPS) is 19.9. The van der Waals surface area contributed by atoms with E-state index in [1.807, 2.05) is 19.2 Å². The summed E-state index contributed by atoms with van der Waals surface area (Å²) in [6.07, 6.45) is 7.39. The summed E-state index contributed by atoms with van der Waals surface area (Å²) in [6.45, 7) is 4.19.